The molecular formula is C22H31N5O3. The number of guanidine groups is 1. The average molecular weight is 414 g/mol. The molecule has 0 unspecified atom stereocenters. The molecular weight excluding hydrogens is 382 g/mol. The molecule has 1 saturated heterocycles. The third kappa shape index (κ3) is 4.70. The van der Waals surface area contributed by atoms with Gasteiger partial charge >= 0.3 is 0 Å². The van der Waals surface area contributed by atoms with Gasteiger partial charge in [-0.2, -0.15) is 0 Å². The number of piperazine rings is 1. The standard InChI is InChI=1S/C22H31N5O3/c1-22(2,17-4-5-19-20(14-17)29-13-12-28-19)16-24-21(23-3)27-9-7-26(8-10-27)15-18-6-11-30-25-18/h4-6,11,14H,7-10,12-13,15-16H2,1-3H3,(H,23,24). The molecule has 2 aliphatic heterocycles. The predicted octanol–water partition coefficient (Wildman–Crippen LogP) is 2.12. The first-order valence-corrected chi connectivity index (χ1v) is 10.5. The summed E-state index contributed by atoms with van der Waals surface area (Å²) in [5.41, 5.74) is 2.11. The van der Waals surface area contributed by atoms with Gasteiger partial charge in [-0.15, -0.1) is 0 Å². The molecule has 2 aliphatic rings. The van der Waals surface area contributed by atoms with Crippen LogP contribution in [0.15, 0.2) is 40.0 Å². The van der Waals surface area contributed by atoms with E-state index in [0.717, 1.165) is 62.4 Å². The lowest BCUT2D eigenvalue weighted by Gasteiger charge is -2.37. The van der Waals surface area contributed by atoms with Gasteiger partial charge in [-0.05, 0) is 17.7 Å². The lowest BCUT2D eigenvalue weighted by atomic mass is 9.84. The Morgan fingerprint density at radius 2 is 1.87 bits per heavy atom. The number of nitrogens with one attached hydrogen (secondary N) is 1. The number of nitrogens with zero attached hydrogens (tertiary/aromatic N) is 4. The van der Waals surface area contributed by atoms with E-state index < -0.39 is 0 Å². The second kappa shape index (κ2) is 8.95. The molecule has 0 radical (unpaired) electrons. The van der Waals surface area contributed by atoms with Gasteiger partial charge in [-0.1, -0.05) is 25.1 Å². The van der Waals surface area contributed by atoms with Crippen LogP contribution in [0.25, 0.3) is 0 Å². The Morgan fingerprint density at radius 3 is 2.57 bits per heavy atom. The quantitative estimate of drug-likeness (QED) is 0.594. The molecule has 0 bridgehead atoms. The number of ether oxygens (including phenoxy) is 2. The second-order valence-electron chi connectivity index (χ2n) is 8.40. The van der Waals surface area contributed by atoms with Crippen LogP contribution in [0.3, 0.4) is 0 Å². The highest BCUT2D eigenvalue weighted by atomic mass is 16.6. The van der Waals surface area contributed by atoms with Crippen LogP contribution in [-0.2, 0) is 12.0 Å². The fraction of sp³-hybridized carbons (Fsp3) is 0.545. The largest absolute Gasteiger partial charge is 0.486 e. The maximum absolute atomic E-state index is 5.76. The number of rotatable bonds is 5. The molecule has 2 aromatic rings. The van der Waals surface area contributed by atoms with Crippen molar-refractivity contribution in [3.05, 3.63) is 41.8 Å². The molecule has 8 nitrogen and oxygen atoms in total. The minimum atomic E-state index is -0.0828. The van der Waals surface area contributed by atoms with E-state index in [0.29, 0.717) is 13.2 Å². The van der Waals surface area contributed by atoms with Gasteiger partial charge < -0.3 is 24.2 Å². The minimum Gasteiger partial charge on any atom is -0.486 e. The summed E-state index contributed by atoms with van der Waals surface area (Å²) in [6.07, 6.45) is 1.63. The Morgan fingerprint density at radius 1 is 1.10 bits per heavy atom. The van der Waals surface area contributed by atoms with Crippen molar-refractivity contribution in [3.8, 4) is 11.5 Å². The maximum Gasteiger partial charge on any atom is 0.193 e. The Balaban J connectivity index is 1.32. The maximum atomic E-state index is 5.76. The van der Waals surface area contributed by atoms with Crippen molar-refractivity contribution in [3.63, 3.8) is 0 Å². The van der Waals surface area contributed by atoms with E-state index in [4.69, 9.17) is 14.0 Å². The molecule has 1 aromatic carbocycles. The van der Waals surface area contributed by atoms with Gasteiger partial charge in [0.2, 0.25) is 0 Å². The van der Waals surface area contributed by atoms with Gasteiger partial charge in [0.15, 0.2) is 17.5 Å². The summed E-state index contributed by atoms with van der Waals surface area (Å²) >= 11 is 0. The van der Waals surface area contributed by atoms with E-state index in [1.54, 1.807) is 6.26 Å². The van der Waals surface area contributed by atoms with Crippen molar-refractivity contribution in [1.29, 1.82) is 0 Å². The molecule has 0 amide bonds. The van der Waals surface area contributed by atoms with E-state index in [2.05, 4.69) is 51.2 Å². The van der Waals surface area contributed by atoms with Crippen molar-refractivity contribution in [2.75, 3.05) is 53.0 Å². The zero-order valence-electron chi connectivity index (χ0n) is 18.1. The van der Waals surface area contributed by atoms with Crippen LogP contribution in [0.4, 0.5) is 0 Å². The Labute approximate surface area is 177 Å². The number of benzene rings is 1. The van der Waals surface area contributed by atoms with Crippen LogP contribution in [0.1, 0.15) is 25.1 Å². The number of aliphatic imine (C=N–C) groups is 1. The van der Waals surface area contributed by atoms with Gasteiger partial charge in [0.25, 0.3) is 0 Å². The SMILES string of the molecule is CN=C(NCC(C)(C)c1ccc2c(c1)OCCO2)N1CCN(Cc2ccon2)CC1. The monoisotopic (exact) mass is 413 g/mol. The van der Waals surface area contributed by atoms with Crippen LogP contribution in [0.5, 0.6) is 11.5 Å². The summed E-state index contributed by atoms with van der Waals surface area (Å²) in [6, 6.07) is 8.16. The Bertz CT molecular complexity index is 858. The third-order valence-electron chi connectivity index (χ3n) is 5.77. The van der Waals surface area contributed by atoms with E-state index in [1.165, 1.54) is 5.56 Å². The van der Waals surface area contributed by atoms with Gasteiger partial charge in [-0.25, -0.2) is 0 Å². The van der Waals surface area contributed by atoms with Crippen molar-refractivity contribution < 1.29 is 14.0 Å². The highest BCUT2D eigenvalue weighted by Gasteiger charge is 2.26. The number of aromatic nitrogens is 1. The summed E-state index contributed by atoms with van der Waals surface area (Å²) in [5.74, 6) is 2.61. The average Bonchev–Trinajstić information content (AvgIpc) is 3.28. The summed E-state index contributed by atoms with van der Waals surface area (Å²) in [7, 11) is 1.85. The topological polar surface area (TPSA) is 75.4 Å². The van der Waals surface area contributed by atoms with E-state index in [9.17, 15) is 0 Å². The highest BCUT2D eigenvalue weighted by molar-refractivity contribution is 5.80. The van der Waals surface area contributed by atoms with Crippen LogP contribution < -0.4 is 14.8 Å². The summed E-state index contributed by atoms with van der Waals surface area (Å²) in [4.78, 5) is 9.23. The van der Waals surface area contributed by atoms with E-state index in [-0.39, 0.29) is 5.41 Å². The van der Waals surface area contributed by atoms with Gasteiger partial charge in [0.1, 0.15) is 19.5 Å². The molecule has 1 aromatic heterocycles. The number of fused-ring (bicyclic) bond motifs is 1. The zero-order valence-corrected chi connectivity index (χ0v) is 18.1. The van der Waals surface area contributed by atoms with Gasteiger partial charge in [0, 0.05) is 57.8 Å². The first-order chi connectivity index (χ1) is 14.5. The fourth-order valence-corrected chi connectivity index (χ4v) is 3.86. The predicted molar refractivity (Wildman–Crippen MR) is 115 cm³/mol. The highest BCUT2D eigenvalue weighted by Crippen LogP contribution is 2.34. The number of hydrogen-bond donors (Lipinski definition) is 1. The lowest BCUT2D eigenvalue weighted by Crippen LogP contribution is -2.53. The Hall–Kier alpha value is -2.74. The molecule has 0 spiro atoms. The normalized spacial score (nSPS) is 17.8. The molecule has 0 aliphatic carbocycles. The van der Waals surface area contributed by atoms with Crippen LogP contribution in [-0.4, -0.2) is 73.9 Å². The molecule has 0 saturated carbocycles. The first kappa shape index (κ1) is 20.5. The zero-order chi connectivity index (χ0) is 21.0. The molecule has 162 valence electrons. The molecule has 1 N–H and O–H groups in total. The first-order valence-electron chi connectivity index (χ1n) is 10.5. The molecule has 4 rings (SSSR count). The summed E-state index contributed by atoms with van der Waals surface area (Å²) in [6.45, 7) is 11.1. The van der Waals surface area contributed by atoms with Crippen LogP contribution >= 0.6 is 0 Å². The second-order valence-corrected chi connectivity index (χ2v) is 8.40. The van der Waals surface area contributed by atoms with Crippen LogP contribution in [0, 0.1) is 0 Å². The number of hydrogen-bond acceptors (Lipinski definition) is 6. The molecule has 3 heterocycles. The van der Waals surface area contributed by atoms with Gasteiger partial charge in [0.05, 0.1) is 5.69 Å². The van der Waals surface area contributed by atoms with E-state index >= 15 is 0 Å². The van der Waals surface area contributed by atoms with Crippen molar-refractivity contribution in [2.45, 2.75) is 25.8 Å². The van der Waals surface area contributed by atoms with E-state index in [1.807, 2.05) is 19.2 Å². The molecule has 1 fully saturated rings. The smallest absolute Gasteiger partial charge is 0.193 e. The third-order valence-corrected chi connectivity index (χ3v) is 5.77. The molecule has 0 atom stereocenters. The summed E-state index contributed by atoms with van der Waals surface area (Å²) in [5, 5.41) is 7.59. The minimum absolute atomic E-state index is 0.0828. The van der Waals surface area contributed by atoms with Crippen molar-refractivity contribution in [1.82, 2.24) is 20.3 Å². The Kier molecular flexibility index (Phi) is 6.13. The van der Waals surface area contributed by atoms with Crippen molar-refractivity contribution in [2.24, 2.45) is 4.99 Å². The van der Waals surface area contributed by atoms with Crippen LogP contribution in [0.2, 0.25) is 0 Å². The fourth-order valence-electron chi connectivity index (χ4n) is 3.86. The lowest BCUT2D eigenvalue weighted by molar-refractivity contribution is 0.168. The van der Waals surface area contributed by atoms with Crippen molar-refractivity contribution >= 4 is 5.96 Å². The summed E-state index contributed by atoms with van der Waals surface area (Å²) < 4.78 is 16.3. The molecule has 8 heteroatoms. The molecule has 30 heavy (non-hydrogen) atoms. The van der Waals surface area contributed by atoms with Gasteiger partial charge in [-0.3, -0.25) is 9.89 Å².